The average Bonchev–Trinajstić information content (AvgIpc) is 2.48. The number of carbonyl (C=O) groups excluding carboxylic acids is 2. The molecule has 0 aromatic heterocycles. The minimum absolute atomic E-state index is 0.104. The van der Waals surface area contributed by atoms with Crippen LogP contribution in [-0.2, 0) is 4.79 Å². The molecule has 8 heteroatoms. The lowest BCUT2D eigenvalue weighted by atomic mass is 10.2. The van der Waals surface area contributed by atoms with Crippen LogP contribution in [-0.4, -0.2) is 18.4 Å². The van der Waals surface area contributed by atoms with Gasteiger partial charge in [0.1, 0.15) is 5.75 Å². The lowest BCUT2D eigenvalue weighted by Gasteiger charge is -2.11. The maximum atomic E-state index is 11.9. The quantitative estimate of drug-likeness (QED) is 0.774. The summed E-state index contributed by atoms with van der Waals surface area (Å²) in [5.41, 5.74) is 5.80. The lowest BCUT2D eigenvalue weighted by molar-refractivity contribution is -0.118. The van der Waals surface area contributed by atoms with Gasteiger partial charge in [-0.2, -0.15) is 0 Å². The number of ether oxygens (including phenoxy) is 1. The molecule has 0 saturated carbocycles. The van der Waals surface area contributed by atoms with Crippen LogP contribution in [0, 0.1) is 0 Å². The van der Waals surface area contributed by atoms with Gasteiger partial charge in [-0.1, -0.05) is 39.1 Å². The van der Waals surface area contributed by atoms with Crippen molar-refractivity contribution >= 4 is 56.6 Å². The van der Waals surface area contributed by atoms with Crippen molar-refractivity contribution in [2.24, 2.45) is 5.73 Å². The fourth-order valence-corrected chi connectivity index (χ4v) is 2.63. The summed E-state index contributed by atoms with van der Waals surface area (Å²) in [4.78, 5) is 23.3. The Hall–Kier alpha value is -1.76. The minimum Gasteiger partial charge on any atom is -0.483 e. The van der Waals surface area contributed by atoms with E-state index >= 15 is 0 Å². The second-order valence-electron chi connectivity index (χ2n) is 4.47. The van der Waals surface area contributed by atoms with Crippen LogP contribution in [0.2, 0.25) is 10.0 Å². The smallest absolute Gasteiger partial charge is 0.262 e. The van der Waals surface area contributed by atoms with Crippen LogP contribution in [0.4, 0.5) is 5.69 Å². The SMILES string of the molecule is NC(=O)c1cc(Cl)ccc1OCC(=O)Nc1ccc(Br)cc1Cl. The molecule has 0 aliphatic rings. The zero-order valence-electron chi connectivity index (χ0n) is 11.6. The topological polar surface area (TPSA) is 81.4 Å². The van der Waals surface area contributed by atoms with Crippen LogP contribution < -0.4 is 15.8 Å². The van der Waals surface area contributed by atoms with Gasteiger partial charge < -0.3 is 15.8 Å². The van der Waals surface area contributed by atoms with Gasteiger partial charge in [-0.3, -0.25) is 9.59 Å². The first-order valence-electron chi connectivity index (χ1n) is 6.34. The maximum absolute atomic E-state index is 11.9. The molecule has 5 nitrogen and oxygen atoms in total. The Kier molecular flexibility index (Phi) is 5.87. The van der Waals surface area contributed by atoms with E-state index in [0.29, 0.717) is 15.7 Å². The number of hydrogen-bond donors (Lipinski definition) is 2. The molecule has 0 bridgehead atoms. The van der Waals surface area contributed by atoms with Gasteiger partial charge in [-0.25, -0.2) is 0 Å². The highest BCUT2D eigenvalue weighted by atomic mass is 79.9. The first-order chi connectivity index (χ1) is 10.9. The van der Waals surface area contributed by atoms with Gasteiger partial charge in [-0.05, 0) is 36.4 Å². The average molecular weight is 418 g/mol. The van der Waals surface area contributed by atoms with Crippen molar-refractivity contribution in [1.29, 1.82) is 0 Å². The number of primary amides is 1. The van der Waals surface area contributed by atoms with Gasteiger partial charge in [0.25, 0.3) is 11.8 Å². The molecule has 2 rings (SSSR count). The molecule has 3 N–H and O–H groups in total. The summed E-state index contributed by atoms with van der Waals surface area (Å²) < 4.78 is 6.12. The van der Waals surface area contributed by atoms with Crippen molar-refractivity contribution in [1.82, 2.24) is 0 Å². The summed E-state index contributed by atoms with van der Waals surface area (Å²) >= 11 is 15.1. The molecule has 0 fully saturated rings. The maximum Gasteiger partial charge on any atom is 0.262 e. The van der Waals surface area contributed by atoms with E-state index in [-0.39, 0.29) is 17.9 Å². The second-order valence-corrected chi connectivity index (χ2v) is 6.23. The molecule has 120 valence electrons. The van der Waals surface area contributed by atoms with Crippen molar-refractivity contribution in [3.05, 3.63) is 56.5 Å². The Bertz CT molecular complexity index is 768. The zero-order valence-corrected chi connectivity index (χ0v) is 14.7. The van der Waals surface area contributed by atoms with Gasteiger partial charge in [0.15, 0.2) is 6.61 Å². The van der Waals surface area contributed by atoms with E-state index in [4.69, 9.17) is 33.7 Å². The predicted molar refractivity (Wildman–Crippen MR) is 93.2 cm³/mol. The van der Waals surface area contributed by atoms with Crippen molar-refractivity contribution in [2.45, 2.75) is 0 Å². The van der Waals surface area contributed by atoms with Gasteiger partial charge in [-0.15, -0.1) is 0 Å². The van der Waals surface area contributed by atoms with E-state index in [1.165, 1.54) is 18.2 Å². The number of hydrogen-bond acceptors (Lipinski definition) is 3. The van der Waals surface area contributed by atoms with Gasteiger partial charge >= 0.3 is 0 Å². The van der Waals surface area contributed by atoms with Crippen LogP contribution in [0.1, 0.15) is 10.4 Å². The van der Waals surface area contributed by atoms with Crippen LogP contribution in [0.15, 0.2) is 40.9 Å². The van der Waals surface area contributed by atoms with Gasteiger partial charge in [0.2, 0.25) is 0 Å². The van der Waals surface area contributed by atoms with Crippen LogP contribution >= 0.6 is 39.1 Å². The number of halogens is 3. The molecule has 0 aliphatic carbocycles. The summed E-state index contributed by atoms with van der Waals surface area (Å²) in [5, 5.41) is 3.34. The van der Waals surface area contributed by atoms with E-state index in [1.807, 2.05) is 0 Å². The number of nitrogens with two attached hydrogens (primary N) is 1. The predicted octanol–water partition coefficient (Wildman–Crippen LogP) is 3.87. The normalized spacial score (nSPS) is 10.2. The van der Waals surface area contributed by atoms with Crippen molar-refractivity contribution in [3.8, 4) is 5.75 Å². The molecule has 0 spiro atoms. The molecule has 2 aromatic carbocycles. The summed E-state index contributed by atoms with van der Waals surface area (Å²) in [5.74, 6) is -0.947. The molecule has 0 saturated heterocycles. The fourth-order valence-electron chi connectivity index (χ4n) is 1.74. The van der Waals surface area contributed by atoms with E-state index in [2.05, 4.69) is 21.2 Å². The number of amides is 2. The largest absolute Gasteiger partial charge is 0.483 e. The highest BCUT2D eigenvalue weighted by Gasteiger charge is 2.13. The third-order valence-electron chi connectivity index (χ3n) is 2.77. The molecule has 2 amide bonds. The Morgan fingerprint density at radius 1 is 1.17 bits per heavy atom. The third kappa shape index (κ3) is 4.86. The van der Waals surface area contributed by atoms with E-state index in [0.717, 1.165) is 4.47 Å². The zero-order chi connectivity index (χ0) is 17.0. The molecular weight excluding hydrogens is 407 g/mol. The monoisotopic (exact) mass is 416 g/mol. The molecule has 0 radical (unpaired) electrons. The van der Waals surface area contributed by atoms with E-state index in [1.54, 1.807) is 18.2 Å². The number of anilines is 1. The number of nitrogens with one attached hydrogen (secondary N) is 1. The number of carbonyl (C=O) groups is 2. The Morgan fingerprint density at radius 3 is 2.57 bits per heavy atom. The molecule has 23 heavy (non-hydrogen) atoms. The fraction of sp³-hybridized carbons (Fsp3) is 0.0667. The summed E-state index contributed by atoms with van der Waals surface area (Å²) in [6.07, 6.45) is 0. The standard InChI is InChI=1S/C15H11BrCl2N2O3/c16-8-1-3-12(11(18)5-8)20-14(21)7-23-13-4-2-9(17)6-10(13)15(19)22/h1-6H,7H2,(H2,19,22)(H,20,21). The molecule has 2 aromatic rings. The molecular formula is C15H11BrCl2N2O3. The summed E-state index contributed by atoms with van der Waals surface area (Å²) in [7, 11) is 0. The first-order valence-corrected chi connectivity index (χ1v) is 7.89. The molecule has 0 unspecified atom stereocenters. The highest BCUT2D eigenvalue weighted by molar-refractivity contribution is 9.10. The molecule has 0 aliphatic heterocycles. The number of rotatable bonds is 5. The highest BCUT2D eigenvalue weighted by Crippen LogP contribution is 2.26. The van der Waals surface area contributed by atoms with E-state index < -0.39 is 11.8 Å². The number of benzene rings is 2. The Balaban J connectivity index is 2.03. The third-order valence-corrected chi connectivity index (χ3v) is 3.81. The Morgan fingerprint density at radius 2 is 1.91 bits per heavy atom. The lowest BCUT2D eigenvalue weighted by Crippen LogP contribution is -2.22. The van der Waals surface area contributed by atoms with Crippen molar-refractivity contribution in [3.63, 3.8) is 0 Å². The van der Waals surface area contributed by atoms with Gasteiger partial charge in [0.05, 0.1) is 16.3 Å². The van der Waals surface area contributed by atoms with Crippen LogP contribution in [0.25, 0.3) is 0 Å². The first kappa shape index (κ1) is 17.6. The Labute approximate surface area is 150 Å². The van der Waals surface area contributed by atoms with Crippen molar-refractivity contribution in [2.75, 3.05) is 11.9 Å². The van der Waals surface area contributed by atoms with E-state index in [9.17, 15) is 9.59 Å². The molecule has 0 atom stereocenters. The van der Waals surface area contributed by atoms with Crippen molar-refractivity contribution < 1.29 is 14.3 Å². The summed E-state index contributed by atoms with van der Waals surface area (Å²) in [6, 6.07) is 9.44. The molecule has 0 heterocycles. The second kappa shape index (κ2) is 7.68. The summed E-state index contributed by atoms with van der Waals surface area (Å²) in [6.45, 7) is -0.311. The van der Waals surface area contributed by atoms with Crippen LogP contribution in [0.5, 0.6) is 5.75 Å². The minimum atomic E-state index is -0.695. The van der Waals surface area contributed by atoms with Crippen LogP contribution in [0.3, 0.4) is 0 Å². The van der Waals surface area contributed by atoms with Gasteiger partial charge in [0, 0.05) is 9.50 Å².